The zero-order valence-electron chi connectivity index (χ0n) is 8.28. The van der Waals surface area contributed by atoms with Crippen LogP contribution in [-0.4, -0.2) is 40.4 Å². The molecule has 1 saturated heterocycles. The van der Waals surface area contributed by atoms with E-state index in [4.69, 9.17) is 5.11 Å². The van der Waals surface area contributed by atoms with E-state index in [0.29, 0.717) is 16.1 Å². The van der Waals surface area contributed by atoms with Gasteiger partial charge < -0.3 is 10.0 Å². The molecule has 0 aliphatic carbocycles. The maximum atomic E-state index is 13.3. The van der Waals surface area contributed by atoms with Gasteiger partial charge in [0, 0.05) is 6.54 Å². The average Bonchev–Trinajstić information content (AvgIpc) is 2.23. The van der Waals surface area contributed by atoms with E-state index in [1.165, 1.54) is 4.90 Å². The standard InChI is InChI=1S/C9H10F2IN3O/c10-9(11)5-15(4-3-6(9)16)8-2-1-7(12)13-14-8/h1-2,6,16H,3-5H2. The first-order valence-electron chi connectivity index (χ1n) is 4.79. The average molecular weight is 341 g/mol. The SMILES string of the molecule is OC1CCN(c2ccc(I)nn2)CC1(F)F. The summed E-state index contributed by atoms with van der Waals surface area (Å²) in [5, 5.41) is 16.8. The third kappa shape index (κ3) is 2.40. The van der Waals surface area contributed by atoms with Crippen LogP contribution in [0.5, 0.6) is 0 Å². The molecule has 0 aromatic carbocycles. The molecule has 1 aliphatic rings. The van der Waals surface area contributed by atoms with Crippen molar-refractivity contribution in [1.29, 1.82) is 0 Å². The summed E-state index contributed by atoms with van der Waals surface area (Å²) >= 11 is 2.00. The molecule has 2 rings (SSSR count). The van der Waals surface area contributed by atoms with Gasteiger partial charge in [-0.2, -0.15) is 0 Å². The summed E-state index contributed by atoms with van der Waals surface area (Å²) in [6, 6.07) is 3.37. The van der Waals surface area contributed by atoms with E-state index >= 15 is 0 Å². The van der Waals surface area contributed by atoms with E-state index in [9.17, 15) is 8.78 Å². The molecule has 0 bridgehead atoms. The molecule has 7 heteroatoms. The van der Waals surface area contributed by atoms with Crippen LogP contribution in [0.25, 0.3) is 0 Å². The molecule has 88 valence electrons. The maximum Gasteiger partial charge on any atom is 0.290 e. The minimum atomic E-state index is -3.08. The Labute approximate surface area is 105 Å². The second-order valence-electron chi connectivity index (χ2n) is 3.70. The zero-order valence-corrected chi connectivity index (χ0v) is 10.4. The Morgan fingerprint density at radius 1 is 1.44 bits per heavy atom. The Hall–Kier alpha value is -0.570. The number of aromatic nitrogens is 2. The van der Waals surface area contributed by atoms with Crippen LogP contribution >= 0.6 is 22.6 Å². The van der Waals surface area contributed by atoms with Gasteiger partial charge >= 0.3 is 0 Å². The van der Waals surface area contributed by atoms with Crippen LogP contribution in [0.15, 0.2) is 12.1 Å². The van der Waals surface area contributed by atoms with Crippen molar-refractivity contribution in [1.82, 2.24) is 10.2 Å². The number of hydrogen-bond acceptors (Lipinski definition) is 4. The smallest absolute Gasteiger partial charge is 0.290 e. The fourth-order valence-electron chi connectivity index (χ4n) is 1.60. The van der Waals surface area contributed by atoms with Gasteiger partial charge in [0.2, 0.25) is 0 Å². The Morgan fingerprint density at radius 3 is 2.75 bits per heavy atom. The highest BCUT2D eigenvalue weighted by molar-refractivity contribution is 14.1. The van der Waals surface area contributed by atoms with E-state index in [1.807, 2.05) is 22.6 Å². The monoisotopic (exact) mass is 341 g/mol. The van der Waals surface area contributed by atoms with E-state index in [-0.39, 0.29) is 6.42 Å². The Bertz CT molecular complexity index is 374. The summed E-state index contributed by atoms with van der Waals surface area (Å²) in [5.41, 5.74) is 0. The number of aliphatic hydroxyl groups is 1. The lowest BCUT2D eigenvalue weighted by Gasteiger charge is -2.36. The molecule has 0 spiro atoms. The van der Waals surface area contributed by atoms with Crippen molar-refractivity contribution in [2.75, 3.05) is 18.0 Å². The molecule has 0 amide bonds. The van der Waals surface area contributed by atoms with E-state index in [0.717, 1.165) is 0 Å². The number of nitrogens with zero attached hydrogens (tertiary/aromatic N) is 3. The molecule has 1 aromatic rings. The molecule has 2 heterocycles. The Morgan fingerprint density at radius 2 is 2.19 bits per heavy atom. The molecule has 1 N–H and O–H groups in total. The van der Waals surface area contributed by atoms with Gasteiger partial charge in [-0.25, -0.2) is 8.78 Å². The van der Waals surface area contributed by atoms with Crippen molar-refractivity contribution < 1.29 is 13.9 Å². The van der Waals surface area contributed by atoms with Crippen LogP contribution in [0.1, 0.15) is 6.42 Å². The van der Waals surface area contributed by atoms with Gasteiger partial charge in [0.05, 0.1) is 6.54 Å². The van der Waals surface area contributed by atoms with Crippen LogP contribution in [0.4, 0.5) is 14.6 Å². The molecule has 0 radical (unpaired) electrons. The normalized spacial score (nSPS) is 24.5. The molecule has 1 aromatic heterocycles. The van der Waals surface area contributed by atoms with Crippen molar-refractivity contribution in [3.8, 4) is 0 Å². The summed E-state index contributed by atoms with van der Waals surface area (Å²) in [6.07, 6.45) is -1.51. The second-order valence-corrected chi connectivity index (χ2v) is 4.81. The van der Waals surface area contributed by atoms with Crippen LogP contribution in [0, 0.1) is 3.70 Å². The summed E-state index contributed by atoms with van der Waals surface area (Å²) in [6.45, 7) is -0.143. The van der Waals surface area contributed by atoms with Crippen LogP contribution in [0.2, 0.25) is 0 Å². The quantitative estimate of drug-likeness (QED) is 0.782. The molecule has 1 fully saturated rings. The summed E-state index contributed by atoms with van der Waals surface area (Å²) < 4.78 is 27.3. The van der Waals surface area contributed by atoms with Crippen molar-refractivity contribution in [3.05, 3.63) is 15.8 Å². The lowest BCUT2D eigenvalue weighted by Crippen LogP contribution is -2.51. The van der Waals surface area contributed by atoms with Gasteiger partial charge in [-0.1, -0.05) is 0 Å². The highest BCUT2D eigenvalue weighted by Gasteiger charge is 2.44. The number of rotatable bonds is 1. The summed E-state index contributed by atoms with van der Waals surface area (Å²) in [7, 11) is 0. The molecule has 16 heavy (non-hydrogen) atoms. The zero-order chi connectivity index (χ0) is 11.8. The fourth-order valence-corrected chi connectivity index (χ4v) is 1.89. The van der Waals surface area contributed by atoms with E-state index in [1.54, 1.807) is 12.1 Å². The topological polar surface area (TPSA) is 49.2 Å². The van der Waals surface area contributed by atoms with Crippen molar-refractivity contribution in [2.45, 2.75) is 18.4 Å². The Balaban J connectivity index is 2.14. The highest BCUT2D eigenvalue weighted by atomic mass is 127. The number of alkyl halides is 2. The fraction of sp³-hybridized carbons (Fsp3) is 0.556. The van der Waals surface area contributed by atoms with Gasteiger partial charge in [-0.3, -0.25) is 0 Å². The lowest BCUT2D eigenvalue weighted by atomic mass is 10.0. The summed E-state index contributed by atoms with van der Waals surface area (Å²) in [5.74, 6) is -2.66. The van der Waals surface area contributed by atoms with E-state index in [2.05, 4.69) is 10.2 Å². The predicted octanol–water partition coefficient (Wildman–Crippen LogP) is 1.29. The van der Waals surface area contributed by atoms with Gasteiger partial charge in [0.1, 0.15) is 9.80 Å². The largest absolute Gasteiger partial charge is 0.387 e. The number of anilines is 1. The maximum absolute atomic E-state index is 13.3. The molecule has 1 atom stereocenters. The summed E-state index contributed by atoms with van der Waals surface area (Å²) in [4.78, 5) is 1.44. The number of aliphatic hydroxyl groups excluding tert-OH is 1. The molecule has 1 unspecified atom stereocenters. The lowest BCUT2D eigenvalue weighted by molar-refractivity contribution is -0.113. The molecule has 0 saturated carbocycles. The highest BCUT2D eigenvalue weighted by Crippen LogP contribution is 2.29. The van der Waals surface area contributed by atoms with E-state index < -0.39 is 18.6 Å². The third-order valence-corrected chi connectivity index (χ3v) is 3.08. The first kappa shape index (κ1) is 11.9. The minimum absolute atomic E-state index is 0.0423. The molecule has 4 nitrogen and oxygen atoms in total. The van der Waals surface area contributed by atoms with Gasteiger partial charge in [0.25, 0.3) is 5.92 Å². The third-order valence-electron chi connectivity index (χ3n) is 2.50. The van der Waals surface area contributed by atoms with Gasteiger partial charge in [-0.05, 0) is 41.1 Å². The van der Waals surface area contributed by atoms with Crippen molar-refractivity contribution in [3.63, 3.8) is 0 Å². The van der Waals surface area contributed by atoms with Gasteiger partial charge in [0.15, 0.2) is 5.82 Å². The molecular formula is C9H10F2IN3O. The predicted molar refractivity (Wildman–Crippen MR) is 62.5 cm³/mol. The van der Waals surface area contributed by atoms with Crippen molar-refractivity contribution in [2.24, 2.45) is 0 Å². The van der Waals surface area contributed by atoms with Crippen LogP contribution < -0.4 is 4.90 Å². The first-order valence-corrected chi connectivity index (χ1v) is 5.87. The number of piperidine rings is 1. The number of halogens is 3. The molecular weight excluding hydrogens is 331 g/mol. The first-order chi connectivity index (χ1) is 7.49. The Kier molecular flexibility index (Phi) is 3.24. The number of hydrogen-bond donors (Lipinski definition) is 1. The van der Waals surface area contributed by atoms with Gasteiger partial charge in [-0.15, -0.1) is 10.2 Å². The minimum Gasteiger partial charge on any atom is -0.387 e. The van der Waals surface area contributed by atoms with Crippen LogP contribution in [-0.2, 0) is 0 Å². The second kappa shape index (κ2) is 4.36. The van der Waals surface area contributed by atoms with Crippen molar-refractivity contribution >= 4 is 28.4 Å². The van der Waals surface area contributed by atoms with Crippen LogP contribution in [0.3, 0.4) is 0 Å². The molecule has 1 aliphatic heterocycles.